The molecule has 29 heavy (non-hydrogen) atoms. The molecular formula is C21H21ClN6O. The molecule has 2 rings (SSSR count). The highest BCUT2D eigenvalue weighted by atomic mass is 35.5. The van der Waals surface area contributed by atoms with Crippen molar-refractivity contribution in [2.75, 3.05) is 12.8 Å². The van der Waals surface area contributed by atoms with Crippen LogP contribution in [-0.4, -0.2) is 23.7 Å². The van der Waals surface area contributed by atoms with E-state index in [1.54, 1.807) is 43.5 Å². The molecule has 1 amide bonds. The maximum atomic E-state index is 12.1. The Hall–Kier alpha value is -3.76. The van der Waals surface area contributed by atoms with Crippen molar-refractivity contribution in [3.8, 4) is 11.8 Å². The molecule has 8 heteroatoms. The van der Waals surface area contributed by atoms with Crippen LogP contribution in [0.5, 0.6) is 0 Å². The normalized spacial score (nSPS) is 11.8. The first kappa shape index (κ1) is 21.5. The van der Waals surface area contributed by atoms with Gasteiger partial charge in [0.1, 0.15) is 11.6 Å². The van der Waals surface area contributed by atoms with Gasteiger partial charge in [-0.3, -0.25) is 4.79 Å². The van der Waals surface area contributed by atoms with Crippen LogP contribution in [-0.2, 0) is 0 Å². The zero-order chi connectivity index (χ0) is 21.6. The number of hydrogen-bond donors (Lipinski definition) is 4. The Balaban J connectivity index is 2.62. The summed E-state index contributed by atoms with van der Waals surface area (Å²) in [7, 11) is 1.52. The number of rotatable bonds is 4. The first-order valence-electron chi connectivity index (χ1n) is 8.48. The molecule has 0 atom stereocenters. The van der Waals surface area contributed by atoms with Crippen LogP contribution in [0.3, 0.4) is 0 Å². The molecule has 0 aliphatic carbocycles. The number of pyridine rings is 1. The standard InChI is InChI=1S/C21H21ClN6O/c1-12(23)16(7-4-14-5-9-19(25)27-11-14)20(28-13(2)24)15-6-8-18(22)17(10-15)21(29)26-3/h5-6,8-11H,2,23-24H2,1,3H3,(H2,25,27)(H,26,29)/b16-12-,28-20?. The van der Waals surface area contributed by atoms with Gasteiger partial charge in [0.05, 0.1) is 21.9 Å². The molecule has 7 N–H and O–H groups in total. The molecule has 0 unspecified atom stereocenters. The first-order valence-corrected chi connectivity index (χ1v) is 8.86. The SMILES string of the molecule is C=C(N)N=C(/C(C#Cc1ccc(N)nc1)=C(/C)N)c1ccc(Cl)c(C(=O)NC)c1. The predicted molar refractivity (Wildman–Crippen MR) is 117 cm³/mol. The molecule has 0 fully saturated rings. The van der Waals surface area contributed by atoms with E-state index in [2.05, 4.69) is 33.7 Å². The highest BCUT2D eigenvalue weighted by Crippen LogP contribution is 2.21. The number of halogens is 1. The second kappa shape index (κ2) is 9.44. The highest BCUT2D eigenvalue weighted by molar-refractivity contribution is 6.34. The fraction of sp³-hybridized carbons (Fsp3) is 0.0952. The summed E-state index contributed by atoms with van der Waals surface area (Å²) in [4.78, 5) is 20.4. The monoisotopic (exact) mass is 408 g/mol. The van der Waals surface area contributed by atoms with Gasteiger partial charge in [-0.25, -0.2) is 9.98 Å². The molecule has 1 aromatic heterocycles. The predicted octanol–water partition coefficient (Wildman–Crippen LogP) is 2.18. The lowest BCUT2D eigenvalue weighted by atomic mass is 9.98. The second-order valence-corrected chi connectivity index (χ2v) is 6.41. The Labute approximate surface area is 174 Å². The minimum atomic E-state index is -0.336. The van der Waals surface area contributed by atoms with Gasteiger partial charge >= 0.3 is 0 Å². The third kappa shape index (κ3) is 5.61. The quantitative estimate of drug-likeness (QED) is 0.454. The molecule has 1 aromatic carbocycles. The van der Waals surface area contributed by atoms with Crippen LogP contribution in [0.25, 0.3) is 0 Å². The van der Waals surface area contributed by atoms with Crippen molar-refractivity contribution >= 4 is 29.0 Å². The molecule has 148 valence electrons. The second-order valence-electron chi connectivity index (χ2n) is 6.01. The van der Waals surface area contributed by atoms with Crippen molar-refractivity contribution in [2.45, 2.75) is 6.92 Å². The molecule has 0 aliphatic rings. The summed E-state index contributed by atoms with van der Waals surface area (Å²) in [5, 5.41) is 2.84. The van der Waals surface area contributed by atoms with Crippen molar-refractivity contribution < 1.29 is 4.79 Å². The van der Waals surface area contributed by atoms with Gasteiger partial charge in [-0.2, -0.15) is 0 Å². The number of aromatic nitrogens is 1. The molecule has 7 nitrogen and oxygen atoms in total. The smallest absolute Gasteiger partial charge is 0.252 e. The number of carbonyl (C=O) groups is 1. The van der Waals surface area contributed by atoms with Gasteiger partial charge in [0.2, 0.25) is 0 Å². The number of anilines is 1. The van der Waals surface area contributed by atoms with E-state index in [-0.39, 0.29) is 17.3 Å². The van der Waals surface area contributed by atoms with Crippen LogP contribution in [0.4, 0.5) is 5.82 Å². The number of hydrogen-bond acceptors (Lipinski definition) is 6. The van der Waals surface area contributed by atoms with Crippen molar-refractivity contribution in [3.05, 3.63) is 81.9 Å². The van der Waals surface area contributed by atoms with Gasteiger partial charge in [-0.1, -0.05) is 36.1 Å². The largest absolute Gasteiger partial charge is 0.401 e. The zero-order valence-corrected chi connectivity index (χ0v) is 16.8. The third-order valence-electron chi connectivity index (χ3n) is 3.72. The molecule has 0 bridgehead atoms. The topological polar surface area (TPSA) is 132 Å². The number of nitrogens with one attached hydrogen (secondary N) is 1. The van der Waals surface area contributed by atoms with Gasteiger partial charge in [-0.15, -0.1) is 0 Å². The summed E-state index contributed by atoms with van der Waals surface area (Å²) in [5.41, 5.74) is 20.1. The number of nitrogen functional groups attached to an aromatic ring is 1. The van der Waals surface area contributed by atoms with Crippen LogP contribution in [0.15, 0.2) is 65.2 Å². The van der Waals surface area contributed by atoms with E-state index >= 15 is 0 Å². The van der Waals surface area contributed by atoms with Crippen LogP contribution in [0, 0.1) is 11.8 Å². The van der Waals surface area contributed by atoms with Gasteiger partial charge in [-0.05, 0) is 31.2 Å². The van der Waals surface area contributed by atoms with Crippen molar-refractivity contribution in [1.29, 1.82) is 0 Å². The van der Waals surface area contributed by atoms with E-state index < -0.39 is 0 Å². The average molecular weight is 409 g/mol. The summed E-state index contributed by atoms with van der Waals surface area (Å²) in [6, 6.07) is 8.28. The fourth-order valence-corrected chi connectivity index (χ4v) is 2.55. The molecule has 2 aromatic rings. The number of nitrogens with two attached hydrogens (primary N) is 3. The Morgan fingerprint density at radius 3 is 2.55 bits per heavy atom. The molecule has 0 radical (unpaired) electrons. The van der Waals surface area contributed by atoms with E-state index in [4.69, 9.17) is 28.8 Å². The van der Waals surface area contributed by atoms with Crippen LogP contribution >= 0.6 is 11.6 Å². The van der Waals surface area contributed by atoms with E-state index in [0.717, 1.165) is 0 Å². The lowest BCUT2D eigenvalue weighted by Gasteiger charge is -2.11. The molecule has 0 saturated heterocycles. The summed E-state index contributed by atoms with van der Waals surface area (Å²) < 4.78 is 0. The van der Waals surface area contributed by atoms with E-state index in [1.165, 1.54) is 7.05 Å². The lowest BCUT2D eigenvalue weighted by Crippen LogP contribution is -2.19. The molecule has 0 aliphatic heterocycles. The molecule has 0 spiro atoms. The van der Waals surface area contributed by atoms with Gasteiger partial charge in [0, 0.05) is 30.1 Å². The Morgan fingerprint density at radius 1 is 1.28 bits per heavy atom. The summed E-state index contributed by atoms with van der Waals surface area (Å²) in [6.45, 7) is 5.32. The van der Waals surface area contributed by atoms with Crippen LogP contribution in [0.1, 0.15) is 28.4 Å². The van der Waals surface area contributed by atoms with E-state index in [1.807, 2.05) is 0 Å². The summed E-state index contributed by atoms with van der Waals surface area (Å²) in [5.74, 6) is 6.09. The number of allylic oxidation sites excluding steroid dienone is 2. The molecular weight excluding hydrogens is 388 g/mol. The highest BCUT2D eigenvalue weighted by Gasteiger charge is 2.16. The van der Waals surface area contributed by atoms with Crippen molar-refractivity contribution in [3.63, 3.8) is 0 Å². The van der Waals surface area contributed by atoms with Crippen LogP contribution in [0.2, 0.25) is 5.02 Å². The maximum Gasteiger partial charge on any atom is 0.252 e. The Bertz CT molecular complexity index is 1070. The average Bonchev–Trinajstić information content (AvgIpc) is 2.68. The number of nitrogens with zero attached hydrogens (tertiary/aromatic N) is 2. The van der Waals surface area contributed by atoms with E-state index in [0.29, 0.717) is 38.9 Å². The third-order valence-corrected chi connectivity index (χ3v) is 4.05. The van der Waals surface area contributed by atoms with Gasteiger partial charge in [0.15, 0.2) is 0 Å². The van der Waals surface area contributed by atoms with Gasteiger partial charge in [0.25, 0.3) is 5.91 Å². The minimum Gasteiger partial charge on any atom is -0.401 e. The van der Waals surface area contributed by atoms with Crippen molar-refractivity contribution in [2.24, 2.45) is 16.5 Å². The zero-order valence-electron chi connectivity index (χ0n) is 16.1. The fourth-order valence-electron chi connectivity index (χ4n) is 2.35. The molecule has 0 saturated carbocycles. The lowest BCUT2D eigenvalue weighted by molar-refractivity contribution is 0.0963. The van der Waals surface area contributed by atoms with Crippen molar-refractivity contribution in [1.82, 2.24) is 10.3 Å². The Morgan fingerprint density at radius 2 is 2.00 bits per heavy atom. The summed E-state index contributed by atoms with van der Waals surface area (Å²) >= 11 is 6.15. The minimum absolute atomic E-state index is 0.0612. The van der Waals surface area contributed by atoms with Gasteiger partial charge < -0.3 is 22.5 Å². The Kier molecular flexibility index (Phi) is 7.01. The maximum absolute atomic E-state index is 12.1. The number of carbonyl (C=O) groups excluding carboxylic acids is 1. The number of aliphatic imine (C=N–C) groups is 1. The van der Waals surface area contributed by atoms with Crippen LogP contribution < -0.4 is 22.5 Å². The number of benzene rings is 1. The summed E-state index contributed by atoms with van der Waals surface area (Å²) in [6.07, 6.45) is 1.55. The first-order chi connectivity index (χ1) is 13.7. The number of amides is 1. The van der Waals surface area contributed by atoms with E-state index in [9.17, 15) is 4.79 Å². The molecule has 1 heterocycles.